The minimum absolute atomic E-state index is 0.188. The van der Waals surface area contributed by atoms with E-state index in [-0.39, 0.29) is 11.9 Å². The number of aromatic nitrogens is 3. The Morgan fingerprint density at radius 1 is 0.969 bits per heavy atom. The molecule has 0 unspecified atom stereocenters. The number of hydrogen-bond acceptors (Lipinski definition) is 4. The monoisotopic (exact) mass is 429 g/mol. The van der Waals surface area contributed by atoms with E-state index in [0.717, 1.165) is 52.5 Å². The number of hydrogen-bond donors (Lipinski definition) is 0. The highest BCUT2D eigenvalue weighted by Gasteiger charge is 2.30. The molecule has 0 saturated carbocycles. The molecular formula is C26H24FN3O2. The van der Waals surface area contributed by atoms with Crippen molar-refractivity contribution in [3.63, 3.8) is 0 Å². The number of nitrogens with zero attached hydrogens (tertiary/aromatic N) is 3. The quantitative estimate of drug-likeness (QED) is 0.391. The molecular weight excluding hydrogens is 405 g/mol. The van der Waals surface area contributed by atoms with Gasteiger partial charge in [-0.05, 0) is 60.5 Å². The first-order chi connectivity index (χ1) is 15.7. The van der Waals surface area contributed by atoms with Gasteiger partial charge in [0.2, 0.25) is 0 Å². The first kappa shape index (κ1) is 20.4. The van der Waals surface area contributed by atoms with Gasteiger partial charge in [0.05, 0.1) is 37.8 Å². The SMILES string of the molecule is COc1ccc(COC[C@H]2CCc3nc(-c4ccc(F)cc4)c(-c4ccncc4)n32)cc1. The van der Waals surface area contributed by atoms with Gasteiger partial charge in [-0.3, -0.25) is 4.98 Å². The highest BCUT2D eigenvalue weighted by molar-refractivity contribution is 5.79. The van der Waals surface area contributed by atoms with Crippen molar-refractivity contribution in [3.05, 3.63) is 90.3 Å². The minimum atomic E-state index is -0.254. The van der Waals surface area contributed by atoms with Crippen molar-refractivity contribution in [2.75, 3.05) is 13.7 Å². The molecule has 32 heavy (non-hydrogen) atoms. The molecule has 6 heteroatoms. The molecule has 2 aromatic heterocycles. The summed E-state index contributed by atoms with van der Waals surface area (Å²) < 4.78 is 27.1. The van der Waals surface area contributed by atoms with E-state index in [1.54, 1.807) is 31.6 Å². The van der Waals surface area contributed by atoms with Crippen LogP contribution in [0.15, 0.2) is 73.1 Å². The number of halogens is 1. The van der Waals surface area contributed by atoms with E-state index in [9.17, 15) is 4.39 Å². The van der Waals surface area contributed by atoms with Crippen LogP contribution in [-0.2, 0) is 17.8 Å². The summed E-state index contributed by atoms with van der Waals surface area (Å²) in [7, 11) is 1.66. The fraction of sp³-hybridized carbons (Fsp3) is 0.231. The van der Waals surface area contributed by atoms with E-state index in [2.05, 4.69) is 9.55 Å². The molecule has 162 valence electrons. The standard InChI is InChI=1S/C26H24FN3O2/c1-31-23-9-2-18(3-10-23)16-32-17-22-8-11-24-29-25(19-4-6-21(27)7-5-19)26(30(22)24)20-12-14-28-15-13-20/h2-7,9-10,12-15,22H,8,11,16-17H2,1H3/t22-/m1/s1. The van der Waals surface area contributed by atoms with Crippen LogP contribution in [0.25, 0.3) is 22.5 Å². The first-order valence-corrected chi connectivity index (χ1v) is 10.7. The van der Waals surface area contributed by atoms with Gasteiger partial charge in [0.1, 0.15) is 17.4 Å². The van der Waals surface area contributed by atoms with E-state index >= 15 is 0 Å². The second-order valence-corrected chi connectivity index (χ2v) is 7.89. The molecule has 0 N–H and O–H groups in total. The van der Waals surface area contributed by atoms with Crippen molar-refractivity contribution in [3.8, 4) is 28.3 Å². The molecule has 2 aromatic carbocycles. The van der Waals surface area contributed by atoms with E-state index < -0.39 is 0 Å². The van der Waals surface area contributed by atoms with Crippen LogP contribution in [0.1, 0.15) is 23.9 Å². The van der Waals surface area contributed by atoms with E-state index in [4.69, 9.17) is 14.5 Å². The summed E-state index contributed by atoms with van der Waals surface area (Å²) in [6.07, 6.45) is 5.43. The Kier molecular flexibility index (Phi) is 5.69. The van der Waals surface area contributed by atoms with Crippen molar-refractivity contribution >= 4 is 0 Å². The lowest BCUT2D eigenvalue weighted by Crippen LogP contribution is -2.13. The Hall–Kier alpha value is -3.51. The zero-order valence-electron chi connectivity index (χ0n) is 17.9. The van der Waals surface area contributed by atoms with Crippen LogP contribution in [0.3, 0.4) is 0 Å². The Balaban J connectivity index is 1.43. The van der Waals surface area contributed by atoms with Crippen molar-refractivity contribution in [2.24, 2.45) is 0 Å². The topological polar surface area (TPSA) is 49.2 Å². The van der Waals surface area contributed by atoms with Crippen molar-refractivity contribution in [2.45, 2.75) is 25.5 Å². The molecule has 0 fully saturated rings. The lowest BCUT2D eigenvalue weighted by molar-refractivity contribution is 0.0925. The molecule has 1 atom stereocenters. The van der Waals surface area contributed by atoms with Gasteiger partial charge >= 0.3 is 0 Å². The molecule has 1 aliphatic heterocycles. The van der Waals surface area contributed by atoms with Crippen LogP contribution in [-0.4, -0.2) is 28.3 Å². The molecule has 5 rings (SSSR count). The van der Waals surface area contributed by atoms with E-state index in [0.29, 0.717) is 13.2 Å². The van der Waals surface area contributed by atoms with Crippen molar-refractivity contribution < 1.29 is 13.9 Å². The lowest BCUT2D eigenvalue weighted by Gasteiger charge is -2.18. The van der Waals surface area contributed by atoms with Gasteiger partial charge in [-0.25, -0.2) is 9.37 Å². The second kappa shape index (κ2) is 8.93. The maximum absolute atomic E-state index is 13.5. The molecule has 1 aliphatic rings. The lowest BCUT2D eigenvalue weighted by atomic mass is 10.0. The largest absolute Gasteiger partial charge is 0.497 e. The van der Waals surface area contributed by atoms with Crippen LogP contribution >= 0.6 is 0 Å². The summed E-state index contributed by atoms with van der Waals surface area (Å²) in [6, 6.07) is 18.6. The summed E-state index contributed by atoms with van der Waals surface area (Å²) in [5.41, 5.74) is 4.95. The second-order valence-electron chi connectivity index (χ2n) is 7.89. The van der Waals surface area contributed by atoms with Crippen LogP contribution in [0.4, 0.5) is 4.39 Å². The van der Waals surface area contributed by atoms with Gasteiger partial charge in [-0.2, -0.15) is 0 Å². The Morgan fingerprint density at radius 3 is 2.44 bits per heavy atom. The average Bonchev–Trinajstić information content (AvgIpc) is 3.40. The van der Waals surface area contributed by atoms with Gasteiger partial charge in [0.15, 0.2) is 0 Å². The highest BCUT2D eigenvalue weighted by Crippen LogP contribution is 2.39. The predicted molar refractivity (Wildman–Crippen MR) is 121 cm³/mol. The Bertz CT molecular complexity index is 1190. The summed E-state index contributed by atoms with van der Waals surface area (Å²) >= 11 is 0. The van der Waals surface area contributed by atoms with Gasteiger partial charge in [-0.15, -0.1) is 0 Å². The van der Waals surface area contributed by atoms with Crippen molar-refractivity contribution in [1.82, 2.24) is 14.5 Å². The molecule has 0 amide bonds. The molecule has 4 aromatic rings. The third kappa shape index (κ3) is 4.01. The number of imidazole rings is 1. The zero-order chi connectivity index (χ0) is 21.9. The maximum atomic E-state index is 13.5. The third-order valence-electron chi connectivity index (χ3n) is 5.86. The number of benzene rings is 2. The van der Waals surface area contributed by atoms with Crippen LogP contribution in [0, 0.1) is 5.82 Å². The fourth-order valence-electron chi connectivity index (χ4n) is 4.26. The molecule has 5 nitrogen and oxygen atoms in total. The van der Waals surface area contributed by atoms with Gasteiger partial charge in [0, 0.05) is 29.9 Å². The molecule has 0 bridgehead atoms. The van der Waals surface area contributed by atoms with Crippen LogP contribution < -0.4 is 4.74 Å². The Labute approximate surface area is 186 Å². The number of ether oxygens (including phenoxy) is 2. The number of fused-ring (bicyclic) bond motifs is 1. The molecule has 0 radical (unpaired) electrons. The fourth-order valence-corrected chi connectivity index (χ4v) is 4.26. The van der Waals surface area contributed by atoms with Crippen LogP contribution in [0.5, 0.6) is 5.75 Å². The minimum Gasteiger partial charge on any atom is -0.497 e. The zero-order valence-corrected chi connectivity index (χ0v) is 17.9. The van der Waals surface area contributed by atoms with E-state index in [1.165, 1.54) is 12.1 Å². The molecule has 3 heterocycles. The smallest absolute Gasteiger partial charge is 0.123 e. The molecule has 0 spiro atoms. The predicted octanol–water partition coefficient (Wildman–Crippen LogP) is 5.46. The number of pyridine rings is 1. The number of aryl methyl sites for hydroxylation is 1. The number of rotatable bonds is 7. The van der Waals surface area contributed by atoms with E-state index in [1.807, 2.05) is 36.4 Å². The summed E-state index contributed by atoms with van der Waals surface area (Å²) in [5.74, 6) is 1.62. The summed E-state index contributed by atoms with van der Waals surface area (Å²) in [5, 5.41) is 0. The van der Waals surface area contributed by atoms with Crippen molar-refractivity contribution in [1.29, 1.82) is 0 Å². The molecule has 0 aliphatic carbocycles. The summed E-state index contributed by atoms with van der Waals surface area (Å²) in [4.78, 5) is 9.12. The number of methoxy groups -OCH3 is 1. The normalized spacial score (nSPS) is 15.0. The summed E-state index contributed by atoms with van der Waals surface area (Å²) in [6.45, 7) is 1.14. The van der Waals surface area contributed by atoms with Gasteiger partial charge in [0.25, 0.3) is 0 Å². The average molecular weight is 429 g/mol. The first-order valence-electron chi connectivity index (χ1n) is 10.7. The highest BCUT2D eigenvalue weighted by atomic mass is 19.1. The van der Waals surface area contributed by atoms with Crippen LogP contribution in [0.2, 0.25) is 0 Å². The van der Waals surface area contributed by atoms with Gasteiger partial charge < -0.3 is 14.0 Å². The maximum Gasteiger partial charge on any atom is 0.123 e. The Morgan fingerprint density at radius 2 is 1.72 bits per heavy atom. The van der Waals surface area contributed by atoms with Gasteiger partial charge in [-0.1, -0.05) is 12.1 Å². The molecule has 0 saturated heterocycles. The third-order valence-corrected chi connectivity index (χ3v) is 5.86.